The molecule has 0 amide bonds. The summed E-state index contributed by atoms with van der Waals surface area (Å²) in [6, 6.07) is 137. The molecule has 4 aliphatic rings. The zero-order valence-corrected chi connectivity index (χ0v) is 56.8. The summed E-state index contributed by atoms with van der Waals surface area (Å²) >= 11 is 0. The lowest BCUT2D eigenvalue weighted by molar-refractivity contribution is 0.793. The Hall–Kier alpha value is -13.4. The fourth-order valence-electron chi connectivity index (χ4n) is 18.9. The lowest BCUT2D eigenvalue weighted by atomic mass is 9.69. The van der Waals surface area contributed by atoms with Gasteiger partial charge in [0, 0.05) is 32.9 Å². The van der Waals surface area contributed by atoms with Crippen molar-refractivity contribution in [3.05, 3.63) is 431 Å². The van der Waals surface area contributed by atoms with Crippen molar-refractivity contribution in [3.63, 3.8) is 0 Å². The number of hydrogen-bond donors (Lipinski definition) is 0. The molecule has 2 aromatic heterocycles. The first-order valence-corrected chi connectivity index (χ1v) is 36.3. The molecule has 0 saturated heterocycles. The molecule has 2 spiro atoms. The molecule has 16 aromatic carbocycles. The molecule has 4 aliphatic carbocycles. The van der Waals surface area contributed by atoms with E-state index in [1.807, 2.05) is 0 Å². The van der Waals surface area contributed by atoms with E-state index >= 15 is 0 Å². The van der Waals surface area contributed by atoms with Crippen LogP contribution in [-0.4, -0.2) is 9.13 Å². The number of nitrogens with zero attached hydrogens (tertiary/aromatic N) is 2. The number of fused-ring (bicyclic) bond motifs is 26. The maximum atomic E-state index is 2.56. The van der Waals surface area contributed by atoms with E-state index in [4.69, 9.17) is 0 Å². The average molecular weight is 1320 g/mol. The third-order valence-corrected chi connectivity index (χ3v) is 23.4. The van der Waals surface area contributed by atoms with Crippen LogP contribution in [0.3, 0.4) is 0 Å². The van der Waals surface area contributed by atoms with E-state index in [0.717, 1.165) is 11.1 Å². The Morgan fingerprint density at radius 2 is 0.433 bits per heavy atom. The second-order valence-corrected chi connectivity index (χ2v) is 28.6. The van der Waals surface area contributed by atoms with Crippen LogP contribution in [0.5, 0.6) is 0 Å². The van der Waals surface area contributed by atoms with Crippen LogP contribution in [0.4, 0.5) is 0 Å². The third kappa shape index (κ3) is 8.39. The summed E-state index contributed by atoms with van der Waals surface area (Å²) in [6.07, 6.45) is 8.99. The van der Waals surface area contributed by atoms with E-state index in [2.05, 4.69) is 397 Å². The summed E-state index contributed by atoms with van der Waals surface area (Å²) in [5, 5.41) is 5.01. The molecule has 0 saturated carbocycles. The van der Waals surface area contributed by atoms with E-state index in [0.29, 0.717) is 0 Å². The predicted molar refractivity (Wildman–Crippen MR) is 435 cm³/mol. The number of rotatable bonds is 9. The highest BCUT2D eigenvalue weighted by molar-refractivity contribution is 6.12. The monoisotopic (exact) mass is 1320 g/mol. The largest absolute Gasteiger partial charge is 0.309 e. The van der Waals surface area contributed by atoms with Crippen molar-refractivity contribution >= 4 is 67.9 Å². The van der Waals surface area contributed by atoms with Crippen LogP contribution in [0.25, 0.3) is 157 Å². The highest BCUT2D eigenvalue weighted by Crippen LogP contribution is 2.66. The molecule has 2 heteroatoms. The van der Waals surface area contributed by atoms with E-state index < -0.39 is 10.8 Å². The van der Waals surface area contributed by atoms with Crippen LogP contribution in [-0.2, 0) is 10.8 Å². The fourth-order valence-corrected chi connectivity index (χ4v) is 18.9. The second kappa shape index (κ2) is 22.6. The molecule has 482 valence electrons. The molecule has 0 aliphatic heterocycles. The molecule has 2 heterocycles. The molecule has 104 heavy (non-hydrogen) atoms. The zero-order chi connectivity index (χ0) is 68.2. The number of para-hydroxylation sites is 4. The van der Waals surface area contributed by atoms with Crippen LogP contribution in [0.1, 0.15) is 66.8 Å². The topological polar surface area (TPSA) is 9.86 Å². The van der Waals surface area contributed by atoms with Crippen molar-refractivity contribution in [2.24, 2.45) is 0 Å². The van der Waals surface area contributed by atoms with Gasteiger partial charge in [-0.1, -0.05) is 303 Å². The van der Waals surface area contributed by atoms with Gasteiger partial charge in [-0.25, -0.2) is 0 Å². The summed E-state index contributed by atoms with van der Waals surface area (Å²) in [5.41, 5.74) is 38.9. The molecule has 0 unspecified atom stereocenters. The van der Waals surface area contributed by atoms with Gasteiger partial charge in [0.05, 0.1) is 32.9 Å². The molecule has 0 bridgehead atoms. The predicted octanol–water partition coefficient (Wildman–Crippen LogP) is 25.9. The molecule has 0 fully saturated rings. The molecule has 22 rings (SSSR count). The van der Waals surface area contributed by atoms with Crippen LogP contribution in [0, 0.1) is 0 Å². The summed E-state index contributed by atoms with van der Waals surface area (Å²) in [5.74, 6) is 0. The highest BCUT2D eigenvalue weighted by Gasteiger charge is 2.54. The van der Waals surface area contributed by atoms with Crippen molar-refractivity contribution in [2.75, 3.05) is 0 Å². The van der Waals surface area contributed by atoms with Gasteiger partial charge in [0.2, 0.25) is 0 Å². The Morgan fingerprint density at radius 1 is 0.173 bits per heavy atom. The molecule has 0 radical (unpaired) electrons. The highest BCUT2D eigenvalue weighted by atomic mass is 15.0. The first-order chi connectivity index (χ1) is 51.5. The first-order valence-electron chi connectivity index (χ1n) is 36.3. The van der Waals surface area contributed by atoms with Gasteiger partial charge in [-0.05, 0) is 230 Å². The molecule has 0 atom stereocenters. The van der Waals surface area contributed by atoms with Crippen molar-refractivity contribution < 1.29 is 0 Å². The molecule has 0 N–H and O–H groups in total. The minimum absolute atomic E-state index is 0.551. The summed E-state index contributed by atoms with van der Waals surface area (Å²) < 4.78 is 4.75. The third-order valence-electron chi connectivity index (χ3n) is 23.4. The summed E-state index contributed by atoms with van der Waals surface area (Å²) in [4.78, 5) is 0. The van der Waals surface area contributed by atoms with Crippen LogP contribution in [0.2, 0.25) is 0 Å². The summed E-state index contributed by atoms with van der Waals surface area (Å²) in [6.45, 7) is 0. The molecule has 2 nitrogen and oxygen atoms in total. The van der Waals surface area contributed by atoms with Gasteiger partial charge in [0.15, 0.2) is 0 Å². The Balaban J connectivity index is 0.615. The van der Waals surface area contributed by atoms with Crippen molar-refractivity contribution in [2.45, 2.75) is 10.8 Å². The minimum Gasteiger partial charge on any atom is -0.309 e. The van der Waals surface area contributed by atoms with Gasteiger partial charge >= 0.3 is 0 Å². The molecular formula is C102H64N2. The standard InChI is InChI=1S/C102H64N2/c1-3-19-75(20-4-1)103-97-33-17-11-27-85(97)87-59-67(43-57-99(87)103)37-35-65-39-45-69(46-40-65)71-49-53-81-83-55-51-73(63-95(83)101(93(81)61-71)89-29-13-7-23-77(89)78-24-8-14-30-90(78)101)74-52-56-84-82-54-50-72(62-94(82)102(96(84)64-74)91-31-15-9-25-79(91)80-26-10-16-32-92(80)102)70-47-41-66(42-48-70)36-38-68-44-58-100-88(60-68)86-28-12-18-34-98(86)104(100)76-21-5-2-6-22-76/h1-64H/b37-35+,38-36+. The Labute approximate surface area is 604 Å². The second-order valence-electron chi connectivity index (χ2n) is 28.6. The van der Waals surface area contributed by atoms with Gasteiger partial charge < -0.3 is 9.13 Å². The number of aromatic nitrogens is 2. The number of benzene rings is 16. The van der Waals surface area contributed by atoms with E-state index in [1.54, 1.807) is 0 Å². The first kappa shape index (κ1) is 58.4. The van der Waals surface area contributed by atoms with Gasteiger partial charge in [0.1, 0.15) is 0 Å². The maximum absolute atomic E-state index is 2.56. The number of hydrogen-bond acceptors (Lipinski definition) is 0. The van der Waals surface area contributed by atoms with Crippen molar-refractivity contribution in [1.82, 2.24) is 9.13 Å². The Morgan fingerprint density at radius 3 is 0.788 bits per heavy atom. The van der Waals surface area contributed by atoms with Gasteiger partial charge in [0.25, 0.3) is 0 Å². The Kier molecular flexibility index (Phi) is 12.7. The van der Waals surface area contributed by atoms with E-state index in [1.165, 1.54) is 189 Å². The fraction of sp³-hybridized carbons (Fsp3) is 0.0196. The maximum Gasteiger partial charge on any atom is 0.0725 e. The average Bonchev–Trinajstić information content (AvgIpc) is 1.51. The van der Waals surface area contributed by atoms with Crippen molar-refractivity contribution in [1.29, 1.82) is 0 Å². The van der Waals surface area contributed by atoms with Crippen LogP contribution >= 0.6 is 0 Å². The van der Waals surface area contributed by atoms with Gasteiger partial charge in [-0.2, -0.15) is 0 Å². The minimum atomic E-state index is -0.551. The Bertz CT molecular complexity index is 6190. The quantitative estimate of drug-likeness (QED) is 0.128. The lowest BCUT2D eigenvalue weighted by Gasteiger charge is -2.31. The van der Waals surface area contributed by atoms with E-state index in [9.17, 15) is 0 Å². The molecular weight excluding hydrogens is 1250 g/mol. The lowest BCUT2D eigenvalue weighted by Crippen LogP contribution is -2.26. The van der Waals surface area contributed by atoms with Crippen molar-refractivity contribution in [3.8, 4) is 89.3 Å². The van der Waals surface area contributed by atoms with E-state index in [-0.39, 0.29) is 0 Å². The van der Waals surface area contributed by atoms with Crippen LogP contribution in [0.15, 0.2) is 364 Å². The van der Waals surface area contributed by atoms with Crippen LogP contribution < -0.4 is 0 Å². The van der Waals surface area contributed by atoms with Gasteiger partial charge in [-0.3, -0.25) is 0 Å². The zero-order valence-electron chi connectivity index (χ0n) is 56.8. The SMILES string of the molecule is C(=C\c1ccc2c(c1)c1ccccc1n2-c1ccccc1)/c1ccc(-c2ccc3c(c2)C2(c4ccccc4-c4ccccc42)c2cc(-c4ccc5c(c4)C4(c6ccccc6-c6ccccc64)c4cc(-c6ccc(/C=C/c7ccc8c(c7)c7ccccc7n8-c7ccccc7)cc6)ccc4-5)ccc2-3)cc1. The normalized spacial score (nSPS) is 13.7. The smallest absolute Gasteiger partial charge is 0.0725 e. The molecule has 18 aromatic rings. The van der Waals surface area contributed by atoms with Gasteiger partial charge in [-0.15, -0.1) is 0 Å². The summed E-state index contributed by atoms with van der Waals surface area (Å²) in [7, 11) is 0.